The van der Waals surface area contributed by atoms with Gasteiger partial charge in [-0.3, -0.25) is 4.79 Å². The van der Waals surface area contributed by atoms with Crippen LogP contribution in [0.4, 0.5) is 10.1 Å². The largest absolute Gasteiger partial charge is 0.465 e. The number of pyridine rings is 1. The van der Waals surface area contributed by atoms with Crippen LogP contribution in [-0.2, 0) is 4.74 Å². The van der Waals surface area contributed by atoms with Crippen LogP contribution in [0.15, 0.2) is 41.2 Å². The number of carbonyl (C=O) groups is 1. The second kappa shape index (κ2) is 5.69. The van der Waals surface area contributed by atoms with Crippen molar-refractivity contribution in [1.29, 1.82) is 0 Å². The highest BCUT2D eigenvalue weighted by Gasteiger charge is 2.18. The molecule has 0 bridgehead atoms. The number of hydrogen-bond acceptors (Lipinski definition) is 5. The molecule has 130 valence electrons. The van der Waals surface area contributed by atoms with Crippen LogP contribution in [0.25, 0.3) is 33.3 Å². The quantitative estimate of drug-likeness (QED) is 0.480. The number of H-pyrrole nitrogens is 2. The first-order valence-electron chi connectivity index (χ1n) is 7.68. The van der Waals surface area contributed by atoms with Gasteiger partial charge in [-0.1, -0.05) is 6.07 Å². The molecular weight excluding hydrogens is 339 g/mol. The first-order chi connectivity index (χ1) is 12.5. The smallest absolute Gasteiger partial charge is 0.337 e. The van der Waals surface area contributed by atoms with Crippen LogP contribution in [0.3, 0.4) is 0 Å². The Labute approximate surface area is 145 Å². The number of hydrogen-bond donors (Lipinski definition) is 3. The van der Waals surface area contributed by atoms with Crippen LogP contribution in [0.5, 0.6) is 0 Å². The molecule has 26 heavy (non-hydrogen) atoms. The van der Waals surface area contributed by atoms with Gasteiger partial charge in [-0.2, -0.15) is 0 Å². The highest BCUT2D eigenvalue weighted by atomic mass is 19.1. The molecule has 0 radical (unpaired) electrons. The van der Waals surface area contributed by atoms with Gasteiger partial charge in [-0.05, 0) is 30.3 Å². The molecule has 0 spiro atoms. The predicted molar refractivity (Wildman–Crippen MR) is 95.4 cm³/mol. The van der Waals surface area contributed by atoms with E-state index in [0.717, 1.165) is 0 Å². The second-order valence-electron chi connectivity index (χ2n) is 5.71. The van der Waals surface area contributed by atoms with Gasteiger partial charge in [0.1, 0.15) is 17.2 Å². The Balaban J connectivity index is 1.97. The van der Waals surface area contributed by atoms with Crippen molar-refractivity contribution in [2.45, 2.75) is 0 Å². The zero-order valence-electron chi connectivity index (χ0n) is 13.6. The molecule has 4 aromatic rings. The van der Waals surface area contributed by atoms with Gasteiger partial charge in [-0.15, -0.1) is 0 Å². The van der Waals surface area contributed by atoms with Crippen LogP contribution in [0.1, 0.15) is 10.4 Å². The third-order valence-electron chi connectivity index (χ3n) is 4.17. The summed E-state index contributed by atoms with van der Waals surface area (Å²) in [5.74, 6) is -0.847. The average molecular weight is 352 g/mol. The number of nitrogens with two attached hydrogens (primary N) is 1. The van der Waals surface area contributed by atoms with Gasteiger partial charge in [-0.25, -0.2) is 14.2 Å². The number of nitrogens with zero attached hydrogens (tertiary/aromatic N) is 1. The Morgan fingerprint density at radius 2 is 2.00 bits per heavy atom. The summed E-state index contributed by atoms with van der Waals surface area (Å²) in [7, 11) is 1.29. The van der Waals surface area contributed by atoms with E-state index in [1.807, 2.05) is 0 Å². The predicted octanol–water partition coefficient (Wildman–Crippen LogP) is 2.58. The third kappa shape index (κ3) is 2.31. The standard InChI is InChI=1S/C18H13FN4O3/c1-26-18(25)8-5-6-10-12(7-8)22-16(21-10)14-15(20)13-9(19)3-2-4-11(13)23-17(14)24/h2-7H,1H3,(H,21,22)(H3,20,23,24). The molecule has 7 nitrogen and oxygen atoms in total. The molecule has 4 N–H and O–H groups in total. The maximum Gasteiger partial charge on any atom is 0.337 e. The van der Waals surface area contributed by atoms with E-state index in [-0.39, 0.29) is 22.5 Å². The third-order valence-corrected chi connectivity index (χ3v) is 4.17. The molecule has 0 saturated carbocycles. The summed E-state index contributed by atoms with van der Waals surface area (Å²) in [6, 6.07) is 9.06. The van der Waals surface area contributed by atoms with E-state index in [9.17, 15) is 14.0 Å². The summed E-state index contributed by atoms with van der Waals surface area (Å²) in [6.45, 7) is 0. The molecule has 0 atom stereocenters. The van der Waals surface area contributed by atoms with E-state index in [0.29, 0.717) is 22.1 Å². The lowest BCUT2D eigenvalue weighted by molar-refractivity contribution is 0.0601. The molecule has 0 fully saturated rings. The molecule has 4 rings (SSSR count). The normalized spacial score (nSPS) is 11.2. The molecular formula is C18H13FN4O3. The number of nitrogen functional groups attached to an aromatic ring is 1. The molecule has 0 amide bonds. The lowest BCUT2D eigenvalue weighted by Crippen LogP contribution is -2.13. The summed E-state index contributed by atoms with van der Waals surface area (Å²) in [4.78, 5) is 34.0. The van der Waals surface area contributed by atoms with E-state index >= 15 is 0 Å². The van der Waals surface area contributed by atoms with Gasteiger partial charge in [0.2, 0.25) is 0 Å². The van der Waals surface area contributed by atoms with E-state index in [1.54, 1.807) is 24.3 Å². The number of methoxy groups -OCH3 is 1. The summed E-state index contributed by atoms with van der Waals surface area (Å²) in [6.07, 6.45) is 0. The van der Waals surface area contributed by atoms with Crippen molar-refractivity contribution in [2.75, 3.05) is 12.8 Å². The van der Waals surface area contributed by atoms with Crippen molar-refractivity contribution in [3.8, 4) is 11.4 Å². The maximum absolute atomic E-state index is 14.2. The molecule has 8 heteroatoms. The number of anilines is 1. The Hall–Kier alpha value is -3.68. The molecule has 2 aromatic heterocycles. The highest BCUT2D eigenvalue weighted by molar-refractivity contribution is 5.99. The average Bonchev–Trinajstić information content (AvgIpc) is 3.03. The fourth-order valence-electron chi connectivity index (χ4n) is 2.94. The number of ether oxygens (including phenoxy) is 1. The van der Waals surface area contributed by atoms with Crippen molar-refractivity contribution in [2.24, 2.45) is 0 Å². The fourth-order valence-corrected chi connectivity index (χ4v) is 2.94. The van der Waals surface area contributed by atoms with Gasteiger partial charge in [0, 0.05) is 0 Å². The molecule has 0 unspecified atom stereocenters. The number of benzene rings is 2. The molecule has 0 saturated heterocycles. The number of esters is 1. The van der Waals surface area contributed by atoms with E-state index in [4.69, 9.17) is 5.73 Å². The minimum absolute atomic E-state index is 0.00547. The number of imidazole rings is 1. The number of halogens is 1. The zero-order chi connectivity index (χ0) is 18.4. The monoisotopic (exact) mass is 352 g/mol. The number of nitrogens with one attached hydrogen (secondary N) is 2. The Bertz CT molecular complexity index is 1240. The molecule has 0 aliphatic heterocycles. The Morgan fingerprint density at radius 3 is 2.77 bits per heavy atom. The van der Waals surface area contributed by atoms with Crippen molar-refractivity contribution in [3.05, 3.63) is 58.1 Å². The van der Waals surface area contributed by atoms with Crippen molar-refractivity contribution >= 4 is 33.6 Å². The van der Waals surface area contributed by atoms with Crippen molar-refractivity contribution in [3.63, 3.8) is 0 Å². The summed E-state index contributed by atoms with van der Waals surface area (Å²) in [5, 5.41) is 0.123. The maximum atomic E-state index is 14.2. The second-order valence-corrected chi connectivity index (χ2v) is 5.71. The van der Waals surface area contributed by atoms with Crippen molar-refractivity contribution < 1.29 is 13.9 Å². The zero-order valence-corrected chi connectivity index (χ0v) is 13.6. The number of carbonyl (C=O) groups excluding carboxylic acids is 1. The van der Waals surface area contributed by atoms with Gasteiger partial charge < -0.3 is 20.4 Å². The Kier molecular flexibility index (Phi) is 3.47. The number of fused-ring (bicyclic) bond motifs is 2. The van der Waals surface area contributed by atoms with Crippen LogP contribution in [0, 0.1) is 5.82 Å². The number of aromatic nitrogens is 3. The molecule has 2 aromatic carbocycles. The van der Waals surface area contributed by atoms with Crippen LogP contribution in [-0.4, -0.2) is 28.0 Å². The minimum atomic E-state index is -0.540. The van der Waals surface area contributed by atoms with Crippen LogP contribution >= 0.6 is 0 Å². The van der Waals surface area contributed by atoms with Gasteiger partial charge in [0.15, 0.2) is 0 Å². The van der Waals surface area contributed by atoms with Crippen LogP contribution < -0.4 is 11.3 Å². The number of rotatable bonds is 2. The van der Waals surface area contributed by atoms with E-state index in [1.165, 1.54) is 19.2 Å². The molecule has 0 aliphatic rings. The SMILES string of the molecule is COC(=O)c1ccc2nc(-c3c(N)c4c(F)cccc4[nH]c3=O)[nH]c2c1. The Morgan fingerprint density at radius 1 is 1.19 bits per heavy atom. The van der Waals surface area contributed by atoms with Crippen molar-refractivity contribution in [1.82, 2.24) is 15.0 Å². The first kappa shape index (κ1) is 15.8. The summed E-state index contributed by atoms with van der Waals surface area (Å²) >= 11 is 0. The van der Waals surface area contributed by atoms with Gasteiger partial charge >= 0.3 is 5.97 Å². The topological polar surface area (TPSA) is 114 Å². The lowest BCUT2D eigenvalue weighted by atomic mass is 10.1. The molecule has 2 heterocycles. The highest BCUT2D eigenvalue weighted by Crippen LogP contribution is 2.29. The molecule has 0 aliphatic carbocycles. The summed E-state index contributed by atoms with van der Waals surface area (Å²) < 4.78 is 18.9. The van der Waals surface area contributed by atoms with E-state index < -0.39 is 17.3 Å². The first-order valence-corrected chi connectivity index (χ1v) is 7.68. The number of aromatic amines is 2. The lowest BCUT2D eigenvalue weighted by Gasteiger charge is -2.07. The summed E-state index contributed by atoms with van der Waals surface area (Å²) in [5.41, 5.74) is 7.31. The van der Waals surface area contributed by atoms with Gasteiger partial charge in [0.05, 0.1) is 40.3 Å². The van der Waals surface area contributed by atoms with E-state index in [2.05, 4.69) is 19.7 Å². The van der Waals surface area contributed by atoms with Crippen LogP contribution in [0.2, 0.25) is 0 Å². The van der Waals surface area contributed by atoms with Gasteiger partial charge in [0.25, 0.3) is 5.56 Å². The minimum Gasteiger partial charge on any atom is -0.465 e. The fraction of sp³-hybridized carbons (Fsp3) is 0.0556.